The first kappa shape index (κ1) is 19.1. The van der Waals surface area contributed by atoms with Crippen molar-refractivity contribution in [3.63, 3.8) is 0 Å². The SMILES string of the molecule is Cc1nc(N2CCN(c3ncc(C(F)(F)F)cc3F)CC2)cc(-n2cccn2)n1. The Balaban J connectivity index is 1.49. The van der Waals surface area contributed by atoms with Gasteiger partial charge in [0.15, 0.2) is 17.5 Å². The zero-order valence-electron chi connectivity index (χ0n) is 15.4. The standard InChI is InChI=1S/C18H17F4N7/c1-12-25-15(10-16(26-12)29-4-2-3-24-29)27-5-7-28(8-6-27)17-14(19)9-13(11-23-17)18(20,21)22/h2-4,9-11H,5-8H2,1H3. The maximum atomic E-state index is 14.2. The highest BCUT2D eigenvalue weighted by Crippen LogP contribution is 2.31. The smallest absolute Gasteiger partial charge is 0.353 e. The molecule has 7 nitrogen and oxygen atoms in total. The molecule has 3 aromatic rings. The molecule has 0 aromatic carbocycles. The predicted molar refractivity (Wildman–Crippen MR) is 97.5 cm³/mol. The number of halogens is 4. The Morgan fingerprint density at radius 2 is 1.66 bits per heavy atom. The van der Waals surface area contributed by atoms with Gasteiger partial charge in [0.05, 0.1) is 5.56 Å². The van der Waals surface area contributed by atoms with E-state index in [1.54, 1.807) is 35.0 Å². The zero-order valence-corrected chi connectivity index (χ0v) is 15.4. The third-order valence-corrected chi connectivity index (χ3v) is 4.60. The van der Waals surface area contributed by atoms with Crippen LogP contribution in [-0.2, 0) is 6.18 Å². The second-order valence-corrected chi connectivity index (χ2v) is 6.58. The van der Waals surface area contributed by atoms with E-state index in [0.717, 1.165) is 0 Å². The molecule has 1 saturated heterocycles. The van der Waals surface area contributed by atoms with Crippen LogP contribution in [0.1, 0.15) is 11.4 Å². The van der Waals surface area contributed by atoms with Crippen LogP contribution < -0.4 is 9.80 Å². The molecule has 3 aromatic heterocycles. The molecule has 0 bridgehead atoms. The number of nitrogens with zero attached hydrogens (tertiary/aromatic N) is 7. The minimum atomic E-state index is -4.62. The fourth-order valence-corrected chi connectivity index (χ4v) is 3.19. The molecule has 1 aliphatic heterocycles. The number of pyridine rings is 1. The average molecular weight is 407 g/mol. The van der Waals surface area contributed by atoms with Crippen LogP contribution in [0.15, 0.2) is 36.8 Å². The molecule has 0 spiro atoms. The molecule has 4 heterocycles. The van der Waals surface area contributed by atoms with Gasteiger partial charge in [0.25, 0.3) is 0 Å². The summed E-state index contributed by atoms with van der Waals surface area (Å²) in [5.41, 5.74) is -1.10. The summed E-state index contributed by atoms with van der Waals surface area (Å²) in [4.78, 5) is 16.2. The number of piperazine rings is 1. The highest BCUT2D eigenvalue weighted by molar-refractivity contribution is 5.48. The van der Waals surface area contributed by atoms with E-state index in [2.05, 4.69) is 20.1 Å². The lowest BCUT2D eigenvalue weighted by atomic mass is 10.2. The summed E-state index contributed by atoms with van der Waals surface area (Å²) in [6.07, 6.45) is -0.527. The van der Waals surface area contributed by atoms with Gasteiger partial charge in [0.2, 0.25) is 0 Å². The van der Waals surface area contributed by atoms with E-state index in [0.29, 0.717) is 55.9 Å². The third-order valence-electron chi connectivity index (χ3n) is 4.60. The molecule has 0 unspecified atom stereocenters. The molecule has 11 heteroatoms. The summed E-state index contributed by atoms with van der Waals surface area (Å²) in [6, 6.07) is 4.09. The molecule has 0 radical (unpaired) electrons. The average Bonchev–Trinajstić information content (AvgIpc) is 3.22. The minimum absolute atomic E-state index is 0.0752. The molecular formula is C18H17F4N7. The van der Waals surface area contributed by atoms with Crippen molar-refractivity contribution < 1.29 is 17.6 Å². The molecule has 0 N–H and O–H groups in total. The number of alkyl halides is 3. The lowest BCUT2D eigenvalue weighted by Crippen LogP contribution is -2.47. The van der Waals surface area contributed by atoms with Gasteiger partial charge in [0.1, 0.15) is 11.6 Å². The zero-order chi connectivity index (χ0) is 20.6. The summed E-state index contributed by atoms with van der Waals surface area (Å²) in [6.45, 7) is 3.60. The summed E-state index contributed by atoms with van der Waals surface area (Å²) in [5, 5.41) is 4.17. The van der Waals surface area contributed by atoms with Crippen LogP contribution >= 0.6 is 0 Å². The van der Waals surface area contributed by atoms with Crippen LogP contribution in [0.3, 0.4) is 0 Å². The molecule has 1 aliphatic rings. The number of hydrogen-bond acceptors (Lipinski definition) is 6. The summed E-state index contributed by atoms with van der Waals surface area (Å²) in [5.74, 6) is 0.880. The Labute approximate surface area is 163 Å². The molecular weight excluding hydrogens is 390 g/mol. The molecule has 0 atom stereocenters. The topological polar surface area (TPSA) is 63.0 Å². The van der Waals surface area contributed by atoms with E-state index in [9.17, 15) is 17.6 Å². The molecule has 0 amide bonds. The molecule has 0 saturated carbocycles. The number of aromatic nitrogens is 5. The number of hydrogen-bond donors (Lipinski definition) is 0. The van der Waals surface area contributed by atoms with Crippen molar-refractivity contribution in [2.75, 3.05) is 36.0 Å². The lowest BCUT2D eigenvalue weighted by molar-refractivity contribution is -0.138. The van der Waals surface area contributed by atoms with Crippen LogP contribution in [0.5, 0.6) is 0 Å². The van der Waals surface area contributed by atoms with Gasteiger partial charge >= 0.3 is 6.18 Å². The van der Waals surface area contributed by atoms with E-state index in [-0.39, 0.29) is 5.82 Å². The largest absolute Gasteiger partial charge is 0.417 e. The van der Waals surface area contributed by atoms with E-state index in [1.807, 2.05) is 11.0 Å². The van der Waals surface area contributed by atoms with E-state index >= 15 is 0 Å². The van der Waals surface area contributed by atoms with Gasteiger partial charge in [-0.15, -0.1) is 0 Å². The van der Waals surface area contributed by atoms with Crippen LogP contribution in [-0.4, -0.2) is 50.9 Å². The Morgan fingerprint density at radius 3 is 2.28 bits per heavy atom. The normalized spacial score (nSPS) is 15.1. The first-order chi connectivity index (χ1) is 13.8. The highest BCUT2D eigenvalue weighted by atomic mass is 19.4. The molecule has 1 fully saturated rings. The lowest BCUT2D eigenvalue weighted by Gasteiger charge is -2.36. The van der Waals surface area contributed by atoms with Crippen LogP contribution in [0.2, 0.25) is 0 Å². The first-order valence-corrected chi connectivity index (χ1v) is 8.89. The number of anilines is 2. The van der Waals surface area contributed by atoms with Crippen molar-refractivity contribution in [3.8, 4) is 5.82 Å². The molecule has 0 aliphatic carbocycles. The van der Waals surface area contributed by atoms with Crippen LogP contribution in [0, 0.1) is 12.7 Å². The van der Waals surface area contributed by atoms with E-state index in [1.165, 1.54) is 0 Å². The predicted octanol–water partition coefficient (Wildman–Crippen LogP) is 2.85. The summed E-state index contributed by atoms with van der Waals surface area (Å²) in [7, 11) is 0. The Hall–Kier alpha value is -3.24. The summed E-state index contributed by atoms with van der Waals surface area (Å²) < 4.78 is 53.9. The second-order valence-electron chi connectivity index (χ2n) is 6.58. The van der Waals surface area contributed by atoms with Gasteiger partial charge < -0.3 is 9.80 Å². The fourth-order valence-electron chi connectivity index (χ4n) is 3.19. The maximum Gasteiger partial charge on any atom is 0.417 e. The molecule has 152 valence electrons. The number of aryl methyl sites for hydroxylation is 1. The third kappa shape index (κ3) is 3.98. The van der Waals surface area contributed by atoms with Crippen LogP contribution in [0.25, 0.3) is 5.82 Å². The van der Waals surface area contributed by atoms with Crippen molar-refractivity contribution in [1.29, 1.82) is 0 Å². The van der Waals surface area contributed by atoms with Crippen molar-refractivity contribution in [2.45, 2.75) is 13.1 Å². The van der Waals surface area contributed by atoms with Crippen molar-refractivity contribution in [2.24, 2.45) is 0 Å². The van der Waals surface area contributed by atoms with Crippen LogP contribution in [0.4, 0.5) is 29.2 Å². The monoisotopic (exact) mass is 407 g/mol. The van der Waals surface area contributed by atoms with Crippen molar-refractivity contribution >= 4 is 11.6 Å². The van der Waals surface area contributed by atoms with Gasteiger partial charge in [-0.05, 0) is 19.1 Å². The van der Waals surface area contributed by atoms with Gasteiger partial charge in [-0.25, -0.2) is 24.0 Å². The Morgan fingerprint density at radius 1 is 0.966 bits per heavy atom. The Kier molecular flexibility index (Phi) is 4.81. The van der Waals surface area contributed by atoms with E-state index in [4.69, 9.17) is 0 Å². The van der Waals surface area contributed by atoms with Crippen molar-refractivity contribution in [3.05, 3.63) is 54.0 Å². The molecule has 4 rings (SSSR count). The van der Waals surface area contributed by atoms with Gasteiger partial charge in [-0.3, -0.25) is 0 Å². The molecule has 29 heavy (non-hydrogen) atoms. The second kappa shape index (κ2) is 7.30. The maximum absolute atomic E-state index is 14.2. The van der Waals surface area contributed by atoms with Crippen molar-refractivity contribution in [1.82, 2.24) is 24.7 Å². The summed E-state index contributed by atoms with van der Waals surface area (Å²) >= 11 is 0. The Bertz CT molecular complexity index is 996. The quantitative estimate of drug-likeness (QED) is 0.623. The van der Waals surface area contributed by atoms with Gasteiger partial charge in [0, 0.05) is 50.8 Å². The fraction of sp³-hybridized carbons (Fsp3) is 0.333. The minimum Gasteiger partial charge on any atom is -0.353 e. The highest BCUT2D eigenvalue weighted by Gasteiger charge is 2.32. The van der Waals surface area contributed by atoms with Gasteiger partial charge in [-0.2, -0.15) is 18.3 Å². The van der Waals surface area contributed by atoms with E-state index < -0.39 is 17.6 Å². The first-order valence-electron chi connectivity index (χ1n) is 8.89. The van der Waals surface area contributed by atoms with Gasteiger partial charge in [-0.1, -0.05) is 0 Å². The number of rotatable bonds is 3.